The van der Waals surface area contributed by atoms with Crippen molar-refractivity contribution in [2.45, 2.75) is 19.5 Å². The standard InChI is InChI=1S/C13H14N4O/c18-13(8-17-10-14-9-15-17)16-6-5-11-3-1-2-4-12(11)7-16/h1-4,9-10H,5-8H2. The first kappa shape index (κ1) is 11.0. The van der Waals surface area contributed by atoms with E-state index in [1.807, 2.05) is 17.0 Å². The molecule has 0 saturated heterocycles. The lowest BCUT2D eigenvalue weighted by Crippen LogP contribution is -2.38. The fraction of sp³-hybridized carbons (Fsp3) is 0.308. The molecule has 0 saturated carbocycles. The van der Waals surface area contributed by atoms with E-state index in [9.17, 15) is 4.79 Å². The molecule has 0 unspecified atom stereocenters. The molecule has 1 aromatic carbocycles. The highest BCUT2D eigenvalue weighted by atomic mass is 16.2. The molecular formula is C13H14N4O. The van der Waals surface area contributed by atoms with Crippen LogP contribution in [-0.2, 0) is 24.3 Å². The van der Waals surface area contributed by atoms with E-state index >= 15 is 0 Å². The van der Waals surface area contributed by atoms with E-state index < -0.39 is 0 Å². The second-order valence-electron chi connectivity index (χ2n) is 4.43. The molecule has 18 heavy (non-hydrogen) atoms. The third-order valence-electron chi connectivity index (χ3n) is 3.25. The molecule has 0 spiro atoms. The summed E-state index contributed by atoms with van der Waals surface area (Å²) < 4.78 is 1.56. The Balaban J connectivity index is 1.70. The molecule has 3 rings (SSSR count). The molecule has 1 aliphatic rings. The number of carbonyl (C=O) groups excluding carboxylic acids is 1. The van der Waals surface area contributed by atoms with Crippen molar-refractivity contribution in [2.75, 3.05) is 6.54 Å². The van der Waals surface area contributed by atoms with Gasteiger partial charge in [-0.15, -0.1) is 0 Å². The van der Waals surface area contributed by atoms with Crippen LogP contribution in [0.5, 0.6) is 0 Å². The minimum atomic E-state index is 0.0926. The summed E-state index contributed by atoms with van der Waals surface area (Å²) in [5, 5.41) is 3.95. The van der Waals surface area contributed by atoms with Crippen LogP contribution >= 0.6 is 0 Å². The maximum absolute atomic E-state index is 12.1. The van der Waals surface area contributed by atoms with Gasteiger partial charge < -0.3 is 4.90 Å². The van der Waals surface area contributed by atoms with Crippen molar-refractivity contribution >= 4 is 5.91 Å². The van der Waals surface area contributed by atoms with Crippen molar-refractivity contribution in [3.05, 3.63) is 48.0 Å². The summed E-state index contributed by atoms with van der Waals surface area (Å²) in [5.74, 6) is 0.0926. The number of fused-ring (bicyclic) bond motifs is 1. The van der Waals surface area contributed by atoms with Crippen LogP contribution in [0, 0.1) is 0 Å². The Bertz CT molecular complexity index is 550. The molecule has 0 radical (unpaired) electrons. The number of aromatic nitrogens is 3. The summed E-state index contributed by atoms with van der Waals surface area (Å²) in [5.41, 5.74) is 2.60. The molecule has 5 heteroatoms. The number of amides is 1. The van der Waals surface area contributed by atoms with Crippen LogP contribution in [0.3, 0.4) is 0 Å². The summed E-state index contributed by atoms with van der Waals surface area (Å²) in [6.45, 7) is 1.75. The fourth-order valence-corrected chi connectivity index (χ4v) is 2.26. The van der Waals surface area contributed by atoms with Crippen LogP contribution in [0.1, 0.15) is 11.1 Å². The molecule has 0 N–H and O–H groups in total. The lowest BCUT2D eigenvalue weighted by Gasteiger charge is -2.28. The molecule has 0 atom stereocenters. The van der Waals surface area contributed by atoms with Crippen LogP contribution in [0.25, 0.3) is 0 Å². The topological polar surface area (TPSA) is 51.0 Å². The van der Waals surface area contributed by atoms with Crippen LogP contribution in [0.4, 0.5) is 0 Å². The van der Waals surface area contributed by atoms with E-state index in [4.69, 9.17) is 0 Å². The van der Waals surface area contributed by atoms with Gasteiger partial charge in [-0.2, -0.15) is 5.10 Å². The Morgan fingerprint density at radius 3 is 2.89 bits per heavy atom. The van der Waals surface area contributed by atoms with E-state index in [-0.39, 0.29) is 12.5 Å². The maximum atomic E-state index is 12.1. The molecule has 1 amide bonds. The van der Waals surface area contributed by atoms with Gasteiger partial charge in [0.25, 0.3) is 0 Å². The number of rotatable bonds is 2. The maximum Gasteiger partial charge on any atom is 0.244 e. The molecule has 0 aliphatic carbocycles. The highest BCUT2D eigenvalue weighted by molar-refractivity contribution is 5.76. The van der Waals surface area contributed by atoms with Crippen molar-refractivity contribution in [3.8, 4) is 0 Å². The van der Waals surface area contributed by atoms with Crippen molar-refractivity contribution < 1.29 is 4.79 Å². The van der Waals surface area contributed by atoms with Crippen molar-refractivity contribution in [1.29, 1.82) is 0 Å². The van der Waals surface area contributed by atoms with Gasteiger partial charge in [0.1, 0.15) is 19.2 Å². The van der Waals surface area contributed by atoms with Crippen molar-refractivity contribution in [2.24, 2.45) is 0 Å². The molecule has 0 fully saturated rings. The smallest absolute Gasteiger partial charge is 0.244 e. The number of benzene rings is 1. The summed E-state index contributed by atoms with van der Waals surface area (Å²) >= 11 is 0. The summed E-state index contributed by atoms with van der Waals surface area (Å²) in [7, 11) is 0. The number of hydrogen-bond acceptors (Lipinski definition) is 3. The molecule has 2 heterocycles. The molecule has 0 bridgehead atoms. The van der Waals surface area contributed by atoms with E-state index in [0.717, 1.165) is 13.0 Å². The third kappa shape index (κ3) is 2.11. The first-order valence-electron chi connectivity index (χ1n) is 6.00. The number of nitrogens with zero attached hydrogens (tertiary/aromatic N) is 4. The Morgan fingerprint density at radius 2 is 2.11 bits per heavy atom. The summed E-state index contributed by atoms with van der Waals surface area (Å²) in [4.78, 5) is 17.8. The molecule has 1 aromatic heterocycles. The minimum Gasteiger partial charge on any atom is -0.336 e. The Kier molecular flexibility index (Phi) is 2.80. The largest absolute Gasteiger partial charge is 0.336 e. The molecule has 2 aromatic rings. The first-order chi connectivity index (χ1) is 8.83. The average Bonchev–Trinajstić information content (AvgIpc) is 2.91. The van der Waals surface area contributed by atoms with Crippen LogP contribution in [-0.4, -0.2) is 32.1 Å². The SMILES string of the molecule is O=C(Cn1cncn1)N1CCc2ccccc2C1. The highest BCUT2D eigenvalue weighted by Crippen LogP contribution is 2.18. The number of hydrogen-bond donors (Lipinski definition) is 0. The highest BCUT2D eigenvalue weighted by Gasteiger charge is 2.20. The monoisotopic (exact) mass is 242 g/mol. The predicted octanol–water partition coefficient (Wildman–Crippen LogP) is 0.863. The van der Waals surface area contributed by atoms with E-state index in [2.05, 4.69) is 22.2 Å². The Morgan fingerprint density at radius 1 is 1.28 bits per heavy atom. The molecular weight excluding hydrogens is 228 g/mol. The van der Waals surface area contributed by atoms with E-state index in [1.54, 1.807) is 11.0 Å². The number of carbonyl (C=O) groups is 1. The normalized spacial score (nSPS) is 14.3. The molecule has 92 valence electrons. The minimum absolute atomic E-state index is 0.0926. The van der Waals surface area contributed by atoms with Crippen LogP contribution < -0.4 is 0 Å². The van der Waals surface area contributed by atoms with Crippen LogP contribution in [0.15, 0.2) is 36.9 Å². The zero-order valence-corrected chi connectivity index (χ0v) is 9.99. The van der Waals surface area contributed by atoms with Gasteiger partial charge in [0.05, 0.1) is 0 Å². The van der Waals surface area contributed by atoms with E-state index in [0.29, 0.717) is 6.54 Å². The zero-order valence-electron chi connectivity index (χ0n) is 9.99. The second kappa shape index (κ2) is 4.60. The first-order valence-corrected chi connectivity index (χ1v) is 6.00. The van der Waals surface area contributed by atoms with Gasteiger partial charge in [-0.05, 0) is 17.5 Å². The van der Waals surface area contributed by atoms with Gasteiger partial charge in [0.2, 0.25) is 5.91 Å². The summed E-state index contributed by atoms with van der Waals surface area (Å²) in [6.07, 6.45) is 3.94. The fourth-order valence-electron chi connectivity index (χ4n) is 2.26. The van der Waals surface area contributed by atoms with Gasteiger partial charge in [-0.3, -0.25) is 4.79 Å². The lowest BCUT2D eigenvalue weighted by atomic mass is 10.00. The zero-order chi connectivity index (χ0) is 12.4. The third-order valence-corrected chi connectivity index (χ3v) is 3.25. The summed E-state index contributed by atoms with van der Waals surface area (Å²) in [6, 6.07) is 8.29. The van der Waals surface area contributed by atoms with Crippen LogP contribution in [0.2, 0.25) is 0 Å². The van der Waals surface area contributed by atoms with Gasteiger partial charge in [0.15, 0.2) is 0 Å². The van der Waals surface area contributed by atoms with Crippen molar-refractivity contribution in [3.63, 3.8) is 0 Å². The molecule has 5 nitrogen and oxygen atoms in total. The van der Waals surface area contributed by atoms with E-state index in [1.165, 1.54) is 17.5 Å². The predicted molar refractivity (Wildman–Crippen MR) is 65.6 cm³/mol. The van der Waals surface area contributed by atoms with Gasteiger partial charge in [-0.1, -0.05) is 24.3 Å². The second-order valence-corrected chi connectivity index (χ2v) is 4.43. The lowest BCUT2D eigenvalue weighted by molar-refractivity contribution is -0.133. The molecule has 1 aliphatic heterocycles. The Hall–Kier alpha value is -2.17. The quantitative estimate of drug-likeness (QED) is 0.785. The average molecular weight is 242 g/mol. The van der Waals surface area contributed by atoms with Gasteiger partial charge in [0, 0.05) is 13.1 Å². The van der Waals surface area contributed by atoms with Crippen molar-refractivity contribution in [1.82, 2.24) is 19.7 Å². The van der Waals surface area contributed by atoms with Gasteiger partial charge >= 0.3 is 0 Å². The Labute approximate surface area is 105 Å². The van der Waals surface area contributed by atoms with Gasteiger partial charge in [-0.25, -0.2) is 9.67 Å².